The van der Waals surface area contributed by atoms with Gasteiger partial charge < -0.3 is 4.90 Å². The molecule has 0 N–H and O–H groups in total. The van der Waals surface area contributed by atoms with Gasteiger partial charge in [0.1, 0.15) is 0 Å². The van der Waals surface area contributed by atoms with Crippen molar-refractivity contribution in [3.05, 3.63) is 47.1 Å². The number of amides is 1. The van der Waals surface area contributed by atoms with Crippen LogP contribution in [-0.4, -0.2) is 33.3 Å². The second-order valence-electron chi connectivity index (χ2n) is 8.32. The number of hydrogen-bond acceptors (Lipinski definition) is 3. The predicted octanol–water partition coefficient (Wildman–Crippen LogP) is 5.31. The fourth-order valence-electron chi connectivity index (χ4n) is 3.43. The third-order valence-electron chi connectivity index (χ3n) is 4.80. The summed E-state index contributed by atoms with van der Waals surface area (Å²) in [5.74, 6) is 1.14. The molecule has 5 heteroatoms. The Kier molecular flexibility index (Phi) is 6.55. The molecule has 3 rings (SSSR count). The Bertz CT molecular complexity index is 911. The molecule has 1 aromatic carbocycles. The molecule has 0 spiro atoms. The van der Waals surface area contributed by atoms with E-state index in [0.29, 0.717) is 18.3 Å². The lowest BCUT2D eigenvalue weighted by atomic mass is 10.1. The summed E-state index contributed by atoms with van der Waals surface area (Å²) in [6, 6.07) is 8.57. The highest BCUT2D eigenvalue weighted by molar-refractivity contribution is 7.15. The van der Waals surface area contributed by atoms with E-state index >= 15 is 0 Å². The molecule has 0 saturated carbocycles. The summed E-state index contributed by atoms with van der Waals surface area (Å²) >= 11 is 1.60. The van der Waals surface area contributed by atoms with Crippen molar-refractivity contribution in [3.8, 4) is 11.3 Å². The second-order valence-corrected chi connectivity index (χ2v) is 9.16. The van der Waals surface area contributed by atoms with Crippen LogP contribution in [0.5, 0.6) is 0 Å². The van der Waals surface area contributed by atoms with Gasteiger partial charge in [0.2, 0.25) is 5.91 Å². The maximum absolute atomic E-state index is 13.0. The Labute approximate surface area is 172 Å². The maximum Gasteiger partial charge on any atom is 0.228 e. The van der Waals surface area contributed by atoms with Crippen molar-refractivity contribution in [2.45, 2.75) is 47.5 Å². The van der Waals surface area contributed by atoms with E-state index in [1.165, 1.54) is 5.56 Å². The first-order chi connectivity index (χ1) is 13.4. The van der Waals surface area contributed by atoms with E-state index in [1.54, 1.807) is 11.3 Å². The molecule has 2 heterocycles. The van der Waals surface area contributed by atoms with Gasteiger partial charge >= 0.3 is 0 Å². The highest BCUT2D eigenvalue weighted by atomic mass is 32.1. The largest absolute Gasteiger partial charge is 0.342 e. The molecule has 150 valence electrons. The SMILES string of the molecule is CCc1ccc(-c2cn3c(CC(=O)N(CC(C)C)CC(C)C)csc3n2)cc1. The van der Waals surface area contributed by atoms with Crippen LogP contribution in [0.1, 0.15) is 45.9 Å². The molecule has 28 heavy (non-hydrogen) atoms. The Morgan fingerprint density at radius 3 is 2.32 bits per heavy atom. The van der Waals surface area contributed by atoms with Gasteiger partial charge in [0.15, 0.2) is 4.96 Å². The number of hydrogen-bond donors (Lipinski definition) is 0. The van der Waals surface area contributed by atoms with E-state index in [-0.39, 0.29) is 5.91 Å². The van der Waals surface area contributed by atoms with Crippen LogP contribution in [0.2, 0.25) is 0 Å². The number of imidazole rings is 1. The zero-order valence-electron chi connectivity index (χ0n) is 17.6. The molecule has 0 aliphatic carbocycles. The minimum absolute atomic E-state index is 0.199. The van der Waals surface area contributed by atoms with Crippen LogP contribution in [0.3, 0.4) is 0 Å². The van der Waals surface area contributed by atoms with Crippen LogP contribution in [-0.2, 0) is 17.6 Å². The molecule has 0 fully saturated rings. The standard InChI is InChI=1S/C23H31N3OS/c1-6-18-7-9-19(10-8-18)21-14-26-20(15-28-23(26)24-21)11-22(27)25(12-16(2)3)13-17(4)5/h7-10,14-17H,6,11-13H2,1-5H3. The van der Waals surface area contributed by atoms with Crippen molar-refractivity contribution in [2.75, 3.05) is 13.1 Å². The lowest BCUT2D eigenvalue weighted by Crippen LogP contribution is -2.38. The maximum atomic E-state index is 13.0. The number of carbonyl (C=O) groups is 1. The topological polar surface area (TPSA) is 37.6 Å². The van der Waals surface area contributed by atoms with E-state index in [9.17, 15) is 4.79 Å². The van der Waals surface area contributed by atoms with Crippen molar-refractivity contribution in [2.24, 2.45) is 11.8 Å². The first-order valence-electron chi connectivity index (χ1n) is 10.2. The zero-order valence-corrected chi connectivity index (χ0v) is 18.4. The molecular formula is C23H31N3OS. The summed E-state index contributed by atoms with van der Waals surface area (Å²) in [7, 11) is 0. The molecule has 3 aromatic rings. The fourth-order valence-corrected chi connectivity index (χ4v) is 4.31. The molecule has 0 radical (unpaired) electrons. The van der Waals surface area contributed by atoms with Gasteiger partial charge in [0.05, 0.1) is 12.1 Å². The van der Waals surface area contributed by atoms with Crippen LogP contribution in [0.25, 0.3) is 16.2 Å². The molecule has 1 amide bonds. The fraction of sp³-hybridized carbons (Fsp3) is 0.478. The zero-order chi connectivity index (χ0) is 20.3. The number of nitrogens with zero attached hydrogens (tertiary/aromatic N) is 3. The molecule has 0 bridgehead atoms. The van der Waals surface area contributed by atoms with Crippen molar-refractivity contribution in [3.63, 3.8) is 0 Å². The van der Waals surface area contributed by atoms with Crippen molar-refractivity contribution < 1.29 is 4.79 Å². The molecule has 0 aliphatic rings. The average molecular weight is 398 g/mol. The Morgan fingerprint density at radius 1 is 1.11 bits per heavy atom. The van der Waals surface area contributed by atoms with Crippen molar-refractivity contribution in [1.29, 1.82) is 0 Å². The molecule has 2 aromatic heterocycles. The van der Waals surface area contributed by atoms with Crippen LogP contribution in [0.15, 0.2) is 35.8 Å². The highest BCUT2D eigenvalue weighted by Gasteiger charge is 2.19. The number of thiazole rings is 1. The van der Waals surface area contributed by atoms with Gasteiger partial charge in [0.25, 0.3) is 0 Å². The third-order valence-corrected chi connectivity index (χ3v) is 5.69. The van der Waals surface area contributed by atoms with E-state index in [4.69, 9.17) is 4.98 Å². The van der Waals surface area contributed by atoms with E-state index < -0.39 is 0 Å². The van der Waals surface area contributed by atoms with Gasteiger partial charge in [-0.05, 0) is 23.8 Å². The van der Waals surface area contributed by atoms with Crippen LogP contribution >= 0.6 is 11.3 Å². The summed E-state index contributed by atoms with van der Waals surface area (Å²) in [5, 5.41) is 2.06. The second kappa shape index (κ2) is 8.91. The van der Waals surface area contributed by atoms with E-state index in [2.05, 4.69) is 74.9 Å². The average Bonchev–Trinajstić information content (AvgIpc) is 3.22. The van der Waals surface area contributed by atoms with Gasteiger partial charge in [-0.25, -0.2) is 4.98 Å². The van der Waals surface area contributed by atoms with Crippen LogP contribution in [0, 0.1) is 11.8 Å². The van der Waals surface area contributed by atoms with Gasteiger partial charge in [-0.2, -0.15) is 0 Å². The number of benzene rings is 1. The number of fused-ring (bicyclic) bond motifs is 1. The smallest absolute Gasteiger partial charge is 0.228 e. The van der Waals surface area contributed by atoms with Crippen LogP contribution < -0.4 is 0 Å². The third kappa shape index (κ3) is 4.82. The van der Waals surface area contributed by atoms with E-state index in [0.717, 1.165) is 41.4 Å². The van der Waals surface area contributed by atoms with Crippen molar-refractivity contribution >= 4 is 22.2 Å². The quantitative estimate of drug-likeness (QED) is 0.517. The number of aryl methyl sites for hydroxylation is 1. The van der Waals surface area contributed by atoms with Crippen LogP contribution in [0.4, 0.5) is 0 Å². The molecule has 0 unspecified atom stereocenters. The summed E-state index contributed by atoms with van der Waals surface area (Å²) in [4.78, 5) is 20.7. The highest BCUT2D eigenvalue weighted by Crippen LogP contribution is 2.25. The van der Waals surface area contributed by atoms with Gasteiger partial charge in [-0.15, -0.1) is 11.3 Å². The minimum atomic E-state index is 0.199. The lowest BCUT2D eigenvalue weighted by molar-refractivity contribution is -0.131. The summed E-state index contributed by atoms with van der Waals surface area (Å²) in [6.45, 7) is 12.4. The predicted molar refractivity (Wildman–Crippen MR) is 118 cm³/mol. The molecule has 0 atom stereocenters. The molecule has 4 nitrogen and oxygen atoms in total. The molecule has 0 aliphatic heterocycles. The van der Waals surface area contributed by atoms with Gasteiger partial charge in [0, 0.05) is 35.9 Å². The Morgan fingerprint density at radius 2 is 1.75 bits per heavy atom. The van der Waals surface area contributed by atoms with Gasteiger partial charge in [-0.1, -0.05) is 58.9 Å². The summed E-state index contributed by atoms with van der Waals surface area (Å²) in [6.07, 6.45) is 3.52. The Balaban J connectivity index is 1.81. The number of rotatable bonds is 8. The Hall–Kier alpha value is -2.14. The molecule has 0 saturated heterocycles. The first-order valence-corrected chi connectivity index (χ1v) is 11.1. The molecular weight excluding hydrogens is 366 g/mol. The lowest BCUT2D eigenvalue weighted by Gasteiger charge is -2.26. The number of aromatic nitrogens is 2. The first kappa shape index (κ1) is 20.6. The summed E-state index contributed by atoms with van der Waals surface area (Å²) < 4.78 is 2.08. The van der Waals surface area contributed by atoms with E-state index in [1.807, 2.05) is 4.90 Å². The minimum Gasteiger partial charge on any atom is -0.342 e. The number of carbonyl (C=O) groups excluding carboxylic acids is 1. The summed E-state index contributed by atoms with van der Waals surface area (Å²) in [5.41, 5.74) is 4.42. The normalized spacial score (nSPS) is 11.7. The van der Waals surface area contributed by atoms with Crippen molar-refractivity contribution in [1.82, 2.24) is 14.3 Å². The van der Waals surface area contributed by atoms with Gasteiger partial charge in [-0.3, -0.25) is 9.20 Å². The monoisotopic (exact) mass is 397 g/mol.